The summed E-state index contributed by atoms with van der Waals surface area (Å²) >= 11 is 0. The van der Waals surface area contributed by atoms with Crippen molar-refractivity contribution in [1.82, 2.24) is 0 Å². The van der Waals surface area contributed by atoms with Crippen LogP contribution in [-0.4, -0.2) is 35.4 Å². The van der Waals surface area contributed by atoms with E-state index in [1.165, 1.54) is 7.11 Å². The fourth-order valence-corrected chi connectivity index (χ4v) is 1.12. The lowest BCUT2D eigenvalue weighted by Gasteiger charge is -2.08. The zero-order chi connectivity index (χ0) is 11.6. The van der Waals surface area contributed by atoms with E-state index in [2.05, 4.69) is 4.74 Å². The predicted octanol–water partition coefficient (Wildman–Crippen LogP) is -0.788. The van der Waals surface area contributed by atoms with Crippen molar-refractivity contribution in [1.29, 1.82) is 0 Å². The second-order valence-corrected chi connectivity index (χ2v) is 2.75. The maximum absolute atomic E-state index is 13.1. The molecule has 80 valence electrons. The van der Waals surface area contributed by atoms with E-state index < -0.39 is 29.9 Å². The van der Waals surface area contributed by atoms with Crippen molar-refractivity contribution in [3.63, 3.8) is 0 Å². The smallest absolute Gasteiger partial charge is 0.489 e. The molecule has 0 radical (unpaired) electrons. The third-order valence-electron chi connectivity index (χ3n) is 1.83. The number of rotatable bonds is 3. The molecular weight excluding hydrogens is 206 g/mol. The molecule has 1 rings (SSSR count). The Morgan fingerprint density at radius 1 is 1.47 bits per heavy atom. The molecule has 0 spiro atoms. The molecule has 3 N–H and O–H groups in total. The quantitative estimate of drug-likeness (QED) is 0.574. The maximum atomic E-state index is 13.1. The van der Waals surface area contributed by atoms with E-state index in [1.54, 1.807) is 0 Å². The van der Waals surface area contributed by atoms with E-state index in [0.717, 1.165) is 6.07 Å². The zero-order valence-corrected chi connectivity index (χ0v) is 7.77. The van der Waals surface area contributed by atoms with Crippen LogP contribution in [0, 0.1) is 5.82 Å². The Labute approximate surface area is 84.9 Å². The number of carboxylic acid groups (broad SMARTS) is 1. The number of methoxy groups -OCH3 is 1. The lowest BCUT2D eigenvalue weighted by atomic mass is 9.77. The van der Waals surface area contributed by atoms with Gasteiger partial charge in [0, 0.05) is 0 Å². The first-order chi connectivity index (χ1) is 6.97. The van der Waals surface area contributed by atoms with E-state index in [0.29, 0.717) is 6.07 Å². The Morgan fingerprint density at radius 3 is 2.47 bits per heavy atom. The van der Waals surface area contributed by atoms with Gasteiger partial charge in [0.15, 0.2) is 11.6 Å². The molecule has 0 saturated heterocycles. The highest BCUT2D eigenvalue weighted by Gasteiger charge is 2.23. The molecule has 15 heavy (non-hydrogen) atoms. The SMILES string of the molecule is COc1cc(C(=O)O)c(B(O)O)cc1F. The molecule has 0 aliphatic heterocycles. The first-order valence-electron chi connectivity index (χ1n) is 3.94. The van der Waals surface area contributed by atoms with E-state index >= 15 is 0 Å². The standard InChI is InChI=1S/C8H8BFO5/c1-15-7-2-4(8(11)12)5(9(13)14)3-6(7)10/h2-3,13-14H,1H3,(H,11,12). The number of aromatic carboxylic acids is 1. The number of carboxylic acids is 1. The van der Waals surface area contributed by atoms with Crippen LogP contribution in [0.5, 0.6) is 5.75 Å². The number of halogens is 1. The molecule has 0 aliphatic rings. The first-order valence-corrected chi connectivity index (χ1v) is 3.94. The van der Waals surface area contributed by atoms with Crippen molar-refractivity contribution in [2.45, 2.75) is 0 Å². The monoisotopic (exact) mass is 214 g/mol. The lowest BCUT2D eigenvalue weighted by Crippen LogP contribution is -2.35. The molecule has 0 aliphatic carbocycles. The zero-order valence-electron chi connectivity index (χ0n) is 7.77. The third kappa shape index (κ3) is 2.25. The third-order valence-corrected chi connectivity index (χ3v) is 1.83. The van der Waals surface area contributed by atoms with Crippen molar-refractivity contribution in [3.05, 3.63) is 23.5 Å². The Balaban J connectivity index is 3.39. The van der Waals surface area contributed by atoms with Crippen LogP contribution in [-0.2, 0) is 0 Å². The fourth-order valence-electron chi connectivity index (χ4n) is 1.12. The van der Waals surface area contributed by atoms with Crippen LogP contribution in [0.2, 0.25) is 0 Å². The molecule has 0 saturated carbocycles. The van der Waals surface area contributed by atoms with Gasteiger partial charge in [-0.05, 0) is 17.6 Å². The van der Waals surface area contributed by atoms with Crippen LogP contribution in [0.1, 0.15) is 10.4 Å². The number of carbonyl (C=O) groups is 1. The lowest BCUT2D eigenvalue weighted by molar-refractivity contribution is 0.0697. The van der Waals surface area contributed by atoms with Gasteiger partial charge in [-0.25, -0.2) is 9.18 Å². The largest absolute Gasteiger partial charge is 0.494 e. The maximum Gasteiger partial charge on any atom is 0.489 e. The van der Waals surface area contributed by atoms with Crippen LogP contribution in [0.15, 0.2) is 12.1 Å². The topological polar surface area (TPSA) is 87.0 Å². The normalized spacial score (nSPS) is 9.87. The second kappa shape index (κ2) is 4.29. The summed E-state index contributed by atoms with van der Waals surface area (Å²) in [5, 5.41) is 26.4. The molecule has 0 aromatic heterocycles. The van der Waals surface area contributed by atoms with Gasteiger partial charge in [-0.3, -0.25) is 0 Å². The van der Waals surface area contributed by atoms with Crippen LogP contribution in [0.3, 0.4) is 0 Å². The van der Waals surface area contributed by atoms with Crippen molar-refractivity contribution in [2.75, 3.05) is 7.11 Å². The highest BCUT2D eigenvalue weighted by molar-refractivity contribution is 6.60. The molecule has 0 fully saturated rings. The van der Waals surface area contributed by atoms with E-state index in [9.17, 15) is 9.18 Å². The van der Waals surface area contributed by atoms with Crippen molar-refractivity contribution in [3.8, 4) is 5.75 Å². The van der Waals surface area contributed by atoms with Crippen LogP contribution in [0.25, 0.3) is 0 Å². The van der Waals surface area contributed by atoms with Gasteiger partial charge in [0.05, 0.1) is 12.7 Å². The molecule has 0 unspecified atom stereocenters. The minimum Gasteiger partial charge on any atom is -0.494 e. The van der Waals surface area contributed by atoms with E-state index in [4.69, 9.17) is 15.2 Å². The van der Waals surface area contributed by atoms with Crippen molar-refractivity contribution in [2.24, 2.45) is 0 Å². The average molecular weight is 214 g/mol. The minimum atomic E-state index is -2.04. The average Bonchev–Trinajstić information content (AvgIpc) is 2.16. The highest BCUT2D eigenvalue weighted by atomic mass is 19.1. The van der Waals surface area contributed by atoms with Gasteiger partial charge in [0.1, 0.15) is 0 Å². The van der Waals surface area contributed by atoms with Gasteiger partial charge in [-0.1, -0.05) is 0 Å². The molecule has 5 nitrogen and oxygen atoms in total. The summed E-state index contributed by atoms with van der Waals surface area (Å²) < 4.78 is 17.7. The second-order valence-electron chi connectivity index (χ2n) is 2.75. The molecule has 0 heterocycles. The first kappa shape index (κ1) is 11.5. The molecule has 7 heteroatoms. The Morgan fingerprint density at radius 2 is 2.07 bits per heavy atom. The van der Waals surface area contributed by atoms with E-state index in [1.807, 2.05) is 0 Å². The van der Waals surface area contributed by atoms with Crippen LogP contribution < -0.4 is 10.2 Å². The molecule has 1 aromatic rings. The molecular formula is C8H8BFO5. The number of ether oxygens (including phenoxy) is 1. The number of hydrogen-bond acceptors (Lipinski definition) is 4. The summed E-state index contributed by atoms with van der Waals surface area (Å²) in [6.45, 7) is 0. The molecule has 1 aromatic carbocycles. The number of hydrogen-bond donors (Lipinski definition) is 3. The summed E-state index contributed by atoms with van der Waals surface area (Å²) in [4.78, 5) is 10.7. The van der Waals surface area contributed by atoms with Gasteiger partial charge in [0.25, 0.3) is 0 Å². The molecule has 0 amide bonds. The number of benzene rings is 1. The molecule has 0 bridgehead atoms. The fraction of sp³-hybridized carbons (Fsp3) is 0.125. The van der Waals surface area contributed by atoms with Crippen LogP contribution >= 0.6 is 0 Å². The van der Waals surface area contributed by atoms with Gasteiger partial charge in [-0.2, -0.15) is 0 Å². The Hall–Kier alpha value is -1.60. The van der Waals surface area contributed by atoms with Crippen LogP contribution in [0.4, 0.5) is 4.39 Å². The predicted molar refractivity (Wildman–Crippen MR) is 49.7 cm³/mol. The molecule has 0 atom stereocenters. The van der Waals surface area contributed by atoms with Crippen molar-refractivity contribution >= 4 is 18.6 Å². The minimum absolute atomic E-state index is 0.267. The van der Waals surface area contributed by atoms with Gasteiger partial charge < -0.3 is 19.9 Å². The summed E-state index contributed by atoms with van der Waals surface area (Å²) in [5.41, 5.74) is -0.830. The summed E-state index contributed by atoms with van der Waals surface area (Å²) in [6, 6.07) is 1.61. The van der Waals surface area contributed by atoms with Gasteiger partial charge in [0.2, 0.25) is 0 Å². The summed E-state index contributed by atoms with van der Waals surface area (Å²) in [5.74, 6) is -2.51. The summed E-state index contributed by atoms with van der Waals surface area (Å²) in [6.07, 6.45) is 0. The Bertz CT molecular complexity index is 393. The summed E-state index contributed by atoms with van der Waals surface area (Å²) in [7, 11) is -0.865. The van der Waals surface area contributed by atoms with Gasteiger partial charge >= 0.3 is 13.1 Å². The van der Waals surface area contributed by atoms with Gasteiger partial charge in [-0.15, -0.1) is 0 Å². The van der Waals surface area contributed by atoms with E-state index in [-0.39, 0.29) is 5.75 Å². The Kier molecular flexibility index (Phi) is 3.28. The highest BCUT2D eigenvalue weighted by Crippen LogP contribution is 2.17. The van der Waals surface area contributed by atoms with Crippen molar-refractivity contribution < 1.29 is 29.1 Å².